The van der Waals surface area contributed by atoms with Crippen molar-refractivity contribution in [2.45, 2.75) is 69.7 Å². The lowest BCUT2D eigenvalue weighted by Crippen LogP contribution is -2.83. The number of amides is 2. The van der Waals surface area contributed by atoms with Crippen molar-refractivity contribution in [1.82, 2.24) is 10.2 Å². The first-order valence-electron chi connectivity index (χ1n) is 11.9. The van der Waals surface area contributed by atoms with Crippen LogP contribution in [0.2, 0.25) is 0 Å². The summed E-state index contributed by atoms with van der Waals surface area (Å²) >= 11 is 0. The molecule has 1 aliphatic carbocycles. The predicted molar refractivity (Wildman–Crippen MR) is 123 cm³/mol. The minimum absolute atomic E-state index is 0.00996. The van der Waals surface area contributed by atoms with E-state index in [0.717, 1.165) is 28.9 Å². The van der Waals surface area contributed by atoms with Crippen LogP contribution in [0.1, 0.15) is 58.1 Å². The molecule has 4 fully saturated rings. The predicted octanol–water partition coefficient (Wildman–Crippen LogP) is 3.12. The molecule has 7 nitrogen and oxygen atoms in total. The number of hydrogen-bond acceptors (Lipinski definition) is 5. The molecule has 2 amide bonds. The second-order valence-electron chi connectivity index (χ2n) is 11.8. The molecule has 1 unspecified atom stereocenters. The highest BCUT2D eigenvalue weighted by Crippen LogP contribution is 2.63. The molecule has 8 rings (SSSR count). The van der Waals surface area contributed by atoms with Crippen LogP contribution in [0.25, 0.3) is 11.6 Å². The second-order valence-corrected chi connectivity index (χ2v) is 11.8. The van der Waals surface area contributed by atoms with Gasteiger partial charge in [-0.25, -0.2) is 5.06 Å². The van der Waals surface area contributed by atoms with Gasteiger partial charge < -0.3 is 15.0 Å². The van der Waals surface area contributed by atoms with E-state index in [9.17, 15) is 14.8 Å². The third kappa shape index (κ3) is 2.03. The summed E-state index contributed by atoms with van der Waals surface area (Å²) in [7, 11) is 0. The molecular formula is C26H29N3O4. The highest BCUT2D eigenvalue weighted by atomic mass is 16.5. The van der Waals surface area contributed by atoms with Gasteiger partial charge in [0.1, 0.15) is 22.4 Å². The van der Waals surface area contributed by atoms with Gasteiger partial charge in [-0.3, -0.25) is 14.8 Å². The standard InChI is InChI=1S/C26H29N3O4/c1-23(2)10-8-15-17(33-23)7-6-14-16-12-26-18(24(3,4)20(16)29(32)19(14)15)13-25(21(30)27-26)9-5-11-28(25)22(26)31/h6-8,10,12,18,20,32H,5,9,11,13H2,1-4H3,(H,27,30)/t18-,20?,25-,26-/m0/s1. The van der Waals surface area contributed by atoms with E-state index in [1.807, 2.05) is 49.1 Å². The fraction of sp³-hybridized carbons (Fsp3) is 0.538. The van der Waals surface area contributed by atoms with Crippen LogP contribution in [0.3, 0.4) is 0 Å². The first-order chi connectivity index (χ1) is 15.5. The maximum atomic E-state index is 13.9. The van der Waals surface area contributed by atoms with Crippen LogP contribution < -0.4 is 15.1 Å². The Morgan fingerprint density at radius 1 is 1.18 bits per heavy atom. The van der Waals surface area contributed by atoms with Gasteiger partial charge in [0.2, 0.25) is 5.91 Å². The van der Waals surface area contributed by atoms with Crippen LogP contribution in [0.5, 0.6) is 5.75 Å². The van der Waals surface area contributed by atoms with Crippen molar-refractivity contribution >= 4 is 29.2 Å². The SMILES string of the molecule is CC1(C)C=Cc2c(ccc3c2N(O)C2C3=C[C@@]34NC(=O)[C@]5(CCCN5C3=O)C[C@H]4C2(C)C)O1. The van der Waals surface area contributed by atoms with Crippen molar-refractivity contribution in [3.63, 3.8) is 0 Å². The van der Waals surface area contributed by atoms with Gasteiger partial charge in [-0.05, 0) is 74.5 Å². The molecule has 6 aliphatic heterocycles. The lowest BCUT2D eigenvalue weighted by molar-refractivity contribution is -0.177. The Hall–Kier alpha value is -2.80. The van der Waals surface area contributed by atoms with E-state index >= 15 is 0 Å². The summed E-state index contributed by atoms with van der Waals surface area (Å²) in [4.78, 5) is 29.0. The van der Waals surface area contributed by atoms with Crippen LogP contribution in [-0.4, -0.2) is 51.2 Å². The zero-order valence-electron chi connectivity index (χ0n) is 19.4. The largest absolute Gasteiger partial charge is 0.483 e. The van der Waals surface area contributed by atoms with Gasteiger partial charge in [-0.2, -0.15) is 0 Å². The van der Waals surface area contributed by atoms with Crippen molar-refractivity contribution in [2.75, 3.05) is 11.6 Å². The number of ether oxygens (including phenoxy) is 1. The average molecular weight is 448 g/mol. The Morgan fingerprint density at radius 2 is 1.97 bits per heavy atom. The maximum Gasteiger partial charge on any atom is 0.253 e. The molecule has 0 radical (unpaired) electrons. The first-order valence-corrected chi connectivity index (χ1v) is 11.9. The van der Waals surface area contributed by atoms with E-state index in [4.69, 9.17) is 4.74 Å². The van der Waals surface area contributed by atoms with Crippen LogP contribution >= 0.6 is 0 Å². The summed E-state index contributed by atoms with van der Waals surface area (Å²) in [6.45, 7) is 8.90. The number of nitrogens with one attached hydrogen (secondary N) is 1. The molecule has 7 heteroatoms. The monoisotopic (exact) mass is 447 g/mol. The fourth-order valence-corrected chi connectivity index (χ4v) is 7.72. The molecular weight excluding hydrogens is 418 g/mol. The summed E-state index contributed by atoms with van der Waals surface area (Å²) in [6.07, 6.45) is 8.19. The normalized spacial score (nSPS) is 38.0. The molecule has 0 aromatic heterocycles. The van der Waals surface area contributed by atoms with E-state index < -0.39 is 22.1 Å². The van der Waals surface area contributed by atoms with E-state index in [0.29, 0.717) is 25.1 Å². The third-order valence-electron chi connectivity index (χ3n) is 9.19. The number of anilines is 1. The molecule has 172 valence electrons. The molecule has 4 atom stereocenters. The molecule has 33 heavy (non-hydrogen) atoms. The number of rotatable bonds is 0. The van der Waals surface area contributed by atoms with Gasteiger partial charge in [0.05, 0.1) is 11.7 Å². The van der Waals surface area contributed by atoms with Gasteiger partial charge in [-0.1, -0.05) is 13.8 Å². The fourth-order valence-electron chi connectivity index (χ4n) is 7.72. The van der Waals surface area contributed by atoms with Gasteiger partial charge >= 0.3 is 0 Å². The van der Waals surface area contributed by atoms with Gasteiger partial charge in [-0.15, -0.1) is 0 Å². The molecule has 6 heterocycles. The van der Waals surface area contributed by atoms with Crippen molar-refractivity contribution < 1.29 is 19.5 Å². The molecule has 7 aliphatic rings. The smallest absolute Gasteiger partial charge is 0.253 e. The quantitative estimate of drug-likeness (QED) is 0.639. The zero-order valence-corrected chi connectivity index (χ0v) is 19.4. The minimum Gasteiger partial charge on any atom is -0.483 e. The summed E-state index contributed by atoms with van der Waals surface area (Å²) in [5, 5.41) is 16.2. The van der Waals surface area contributed by atoms with Gasteiger partial charge in [0.25, 0.3) is 5.91 Å². The highest BCUT2D eigenvalue weighted by molar-refractivity contribution is 6.08. The Kier molecular flexibility index (Phi) is 3.25. The Labute approximate surface area is 193 Å². The Bertz CT molecular complexity index is 1230. The maximum absolute atomic E-state index is 13.9. The number of carbonyl (C=O) groups is 2. The molecule has 1 aromatic carbocycles. The molecule has 2 bridgehead atoms. The zero-order chi connectivity index (χ0) is 23.1. The number of benzene rings is 1. The van der Waals surface area contributed by atoms with E-state index in [-0.39, 0.29) is 23.8 Å². The number of piperidine rings is 2. The molecule has 2 N–H and O–H groups in total. The third-order valence-corrected chi connectivity index (χ3v) is 9.19. The summed E-state index contributed by atoms with van der Waals surface area (Å²) in [5.74, 6) is 0.613. The molecule has 0 saturated carbocycles. The van der Waals surface area contributed by atoms with Crippen LogP contribution in [-0.2, 0) is 9.59 Å². The van der Waals surface area contributed by atoms with Crippen LogP contribution in [0.4, 0.5) is 5.69 Å². The Balaban J connectivity index is 1.46. The minimum atomic E-state index is -1.06. The molecule has 4 saturated heterocycles. The van der Waals surface area contributed by atoms with E-state index in [2.05, 4.69) is 19.2 Å². The average Bonchev–Trinajstić information content (AvgIpc) is 3.29. The highest BCUT2D eigenvalue weighted by Gasteiger charge is 2.73. The number of hydrogen-bond donors (Lipinski definition) is 2. The number of carbonyl (C=O) groups excluding carboxylic acids is 2. The lowest BCUT2D eigenvalue weighted by Gasteiger charge is -2.64. The van der Waals surface area contributed by atoms with Crippen molar-refractivity contribution in [2.24, 2.45) is 11.3 Å². The van der Waals surface area contributed by atoms with E-state index in [1.165, 1.54) is 5.06 Å². The van der Waals surface area contributed by atoms with Crippen LogP contribution in [0, 0.1) is 11.3 Å². The number of fused-ring (bicyclic) bond motifs is 6. The van der Waals surface area contributed by atoms with Crippen LogP contribution in [0.15, 0.2) is 24.3 Å². The number of nitrogens with zero attached hydrogens (tertiary/aromatic N) is 2. The first kappa shape index (κ1) is 19.6. The lowest BCUT2D eigenvalue weighted by atomic mass is 9.51. The van der Waals surface area contributed by atoms with Gasteiger partial charge in [0, 0.05) is 23.6 Å². The molecule has 2 spiro atoms. The molecule has 1 aromatic rings. The van der Waals surface area contributed by atoms with Crippen molar-refractivity contribution in [1.29, 1.82) is 0 Å². The topological polar surface area (TPSA) is 82.1 Å². The van der Waals surface area contributed by atoms with E-state index in [1.54, 1.807) is 0 Å². The second kappa shape index (κ2) is 5.46. The summed E-state index contributed by atoms with van der Waals surface area (Å²) < 4.78 is 6.16. The summed E-state index contributed by atoms with van der Waals surface area (Å²) in [5.41, 5.74) is 0.669. The van der Waals surface area contributed by atoms with Gasteiger partial charge in [0.15, 0.2) is 0 Å². The number of piperazine rings is 1. The van der Waals surface area contributed by atoms with Crippen molar-refractivity contribution in [3.8, 4) is 5.75 Å². The summed E-state index contributed by atoms with van der Waals surface area (Å²) in [6, 6.07) is 3.61. The van der Waals surface area contributed by atoms with Crippen molar-refractivity contribution in [3.05, 3.63) is 35.4 Å². The number of hydroxylamine groups is 1. The Morgan fingerprint density at radius 3 is 2.76 bits per heavy atom.